The van der Waals surface area contributed by atoms with Crippen LogP contribution < -0.4 is 10.1 Å². The molecule has 0 aliphatic carbocycles. The Balaban J connectivity index is 1.49. The normalized spacial score (nSPS) is 16.7. The van der Waals surface area contributed by atoms with E-state index < -0.39 is 6.04 Å². The van der Waals surface area contributed by atoms with Crippen LogP contribution in [0.25, 0.3) is 0 Å². The van der Waals surface area contributed by atoms with Crippen LogP contribution >= 0.6 is 0 Å². The highest BCUT2D eigenvalue weighted by Crippen LogP contribution is 2.24. The molecule has 0 spiro atoms. The molecule has 2 N–H and O–H groups in total. The van der Waals surface area contributed by atoms with E-state index in [9.17, 15) is 14.7 Å². The molecule has 1 saturated heterocycles. The van der Waals surface area contributed by atoms with Crippen molar-refractivity contribution in [3.05, 3.63) is 60.2 Å². The van der Waals surface area contributed by atoms with Crippen LogP contribution in [0.3, 0.4) is 0 Å². The fraction of sp³-hybridized carbons (Fsp3) is 0.263. The Labute approximate surface area is 146 Å². The molecule has 1 aliphatic heterocycles. The van der Waals surface area contributed by atoms with Crippen LogP contribution in [0.5, 0.6) is 11.5 Å². The van der Waals surface area contributed by atoms with Crippen LogP contribution in [0.2, 0.25) is 0 Å². The molecule has 0 unspecified atom stereocenters. The third-order valence-corrected chi connectivity index (χ3v) is 4.07. The smallest absolute Gasteiger partial charge is 0.258 e. The van der Waals surface area contributed by atoms with Crippen molar-refractivity contribution in [2.75, 3.05) is 13.2 Å². The number of carbonyl (C=O) groups excluding carboxylic acids is 2. The second-order valence-corrected chi connectivity index (χ2v) is 5.91. The van der Waals surface area contributed by atoms with E-state index in [1.807, 2.05) is 30.3 Å². The third-order valence-electron chi connectivity index (χ3n) is 4.07. The van der Waals surface area contributed by atoms with Crippen molar-refractivity contribution >= 4 is 11.8 Å². The average molecular weight is 340 g/mol. The molecule has 0 radical (unpaired) electrons. The first-order chi connectivity index (χ1) is 12.1. The van der Waals surface area contributed by atoms with E-state index in [0.717, 1.165) is 5.56 Å². The molecule has 0 saturated carbocycles. The number of carbonyl (C=O) groups is 2. The van der Waals surface area contributed by atoms with Gasteiger partial charge in [-0.25, -0.2) is 0 Å². The van der Waals surface area contributed by atoms with Gasteiger partial charge in [-0.1, -0.05) is 42.5 Å². The molecule has 2 amide bonds. The van der Waals surface area contributed by atoms with E-state index >= 15 is 0 Å². The molecular formula is C19H20N2O4. The minimum absolute atomic E-state index is 0.0266. The number of amides is 2. The van der Waals surface area contributed by atoms with Crippen molar-refractivity contribution < 1.29 is 19.4 Å². The number of hydrogen-bond acceptors (Lipinski definition) is 4. The SMILES string of the molecule is O=C(COc1ccccc1O)N[C@H]1CCN(Cc2ccccc2)C1=O. The van der Waals surface area contributed by atoms with Gasteiger partial charge in [-0.05, 0) is 24.1 Å². The van der Waals surface area contributed by atoms with Crippen LogP contribution in [0.4, 0.5) is 0 Å². The maximum Gasteiger partial charge on any atom is 0.258 e. The monoisotopic (exact) mass is 340 g/mol. The van der Waals surface area contributed by atoms with Gasteiger partial charge in [0.1, 0.15) is 6.04 Å². The van der Waals surface area contributed by atoms with Gasteiger partial charge in [0.05, 0.1) is 0 Å². The van der Waals surface area contributed by atoms with Crippen molar-refractivity contribution in [1.29, 1.82) is 0 Å². The van der Waals surface area contributed by atoms with Crippen molar-refractivity contribution in [2.24, 2.45) is 0 Å². The predicted octanol–water partition coefficient (Wildman–Crippen LogP) is 1.69. The molecule has 0 aromatic heterocycles. The number of benzene rings is 2. The van der Waals surface area contributed by atoms with E-state index in [0.29, 0.717) is 19.5 Å². The van der Waals surface area contributed by atoms with Crippen molar-refractivity contribution in [3.8, 4) is 11.5 Å². The maximum absolute atomic E-state index is 12.4. The fourth-order valence-electron chi connectivity index (χ4n) is 2.79. The van der Waals surface area contributed by atoms with Crippen LogP contribution in [-0.4, -0.2) is 41.0 Å². The first-order valence-electron chi connectivity index (χ1n) is 8.16. The summed E-state index contributed by atoms with van der Waals surface area (Å²) in [5, 5.41) is 12.3. The van der Waals surface area contributed by atoms with Gasteiger partial charge in [0.25, 0.3) is 5.91 Å². The highest BCUT2D eigenvalue weighted by Gasteiger charge is 2.32. The zero-order valence-corrected chi connectivity index (χ0v) is 13.7. The quantitative estimate of drug-likeness (QED) is 0.839. The van der Waals surface area contributed by atoms with Crippen molar-refractivity contribution in [3.63, 3.8) is 0 Å². The highest BCUT2D eigenvalue weighted by molar-refractivity contribution is 5.89. The average Bonchev–Trinajstić information content (AvgIpc) is 2.95. The lowest BCUT2D eigenvalue weighted by Gasteiger charge is -2.17. The molecule has 6 nitrogen and oxygen atoms in total. The highest BCUT2D eigenvalue weighted by atomic mass is 16.5. The first kappa shape index (κ1) is 16.8. The molecule has 1 fully saturated rings. The topological polar surface area (TPSA) is 78.9 Å². The van der Waals surface area contributed by atoms with Gasteiger partial charge < -0.3 is 20.1 Å². The molecular weight excluding hydrogens is 320 g/mol. The van der Waals surface area contributed by atoms with Gasteiger partial charge in [0.15, 0.2) is 18.1 Å². The lowest BCUT2D eigenvalue weighted by molar-refractivity contribution is -0.133. The number of para-hydroxylation sites is 2. The number of nitrogens with zero attached hydrogens (tertiary/aromatic N) is 1. The summed E-state index contributed by atoms with van der Waals surface area (Å²) < 4.78 is 5.28. The van der Waals surface area contributed by atoms with Crippen molar-refractivity contribution in [2.45, 2.75) is 19.0 Å². The van der Waals surface area contributed by atoms with Crippen LogP contribution in [0.1, 0.15) is 12.0 Å². The zero-order valence-electron chi connectivity index (χ0n) is 13.7. The van der Waals surface area contributed by atoms with E-state index in [-0.39, 0.29) is 29.9 Å². The largest absolute Gasteiger partial charge is 0.504 e. The van der Waals surface area contributed by atoms with E-state index in [4.69, 9.17) is 4.74 Å². The Kier molecular flexibility index (Phi) is 5.18. The van der Waals surface area contributed by atoms with Crippen LogP contribution in [0, 0.1) is 0 Å². The Bertz CT molecular complexity index is 748. The molecule has 6 heteroatoms. The number of aromatic hydroxyl groups is 1. The number of ether oxygens (including phenoxy) is 1. The van der Waals surface area contributed by atoms with Gasteiger partial charge in [0.2, 0.25) is 5.91 Å². The summed E-state index contributed by atoms with van der Waals surface area (Å²) in [5.74, 6) is -0.259. The lowest BCUT2D eigenvalue weighted by atomic mass is 10.2. The Morgan fingerprint density at radius 1 is 1.16 bits per heavy atom. The van der Waals surface area contributed by atoms with Crippen molar-refractivity contribution in [1.82, 2.24) is 10.2 Å². The standard InChI is InChI=1S/C19H20N2O4/c22-16-8-4-5-9-17(16)25-13-18(23)20-15-10-11-21(19(15)24)12-14-6-2-1-3-7-14/h1-9,15,22H,10-13H2,(H,20,23)/t15-/m0/s1. The number of phenols is 1. The minimum Gasteiger partial charge on any atom is -0.504 e. The van der Waals surface area contributed by atoms with Gasteiger partial charge in [-0.15, -0.1) is 0 Å². The molecule has 3 rings (SSSR count). The van der Waals surface area contributed by atoms with Gasteiger partial charge >= 0.3 is 0 Å². The molecule has 2 aromatic carbocycles. The third kappa shape index (κ3) is 4.29. The number of hydrogen-bond donors (Lipinski definition) is 2. The second kappa shape index (κ2) is 7.70. The molecule has 130 valence electrons. The van der Waals surface area contributed by atoms with Crippen LogP contribution in [-0.2, 0) is 16.1 Å². The van der Waals surface area contributed by atoms with Gasteiger partial charge in [0, 0.05) is 13.1 Å². The summed E-state index contributed by atoms with van der Waals surface area (Å²) >= 11 is 0. The minimum atomic E-state index is -0.524. The van der Waals surface area contributed by atoms with Gasteiger partial charge in [-0.3, -0.25) is 9.59 Å². The Hall–Kier alpha value is -3.02. The lowest BCUT2D eigenvalue weighted by Crippen LogP contribution is -2.43. The summed E-state index contributed by atoms with van der Waals surface area (Å²) in [4.78, 5) is 26.2. The molecule has 2 aromatic rings. The zero-order chi connectivity index (χ0) is 17.6. The molecule has 1 atom stereocenters. The number of rotatable bonds is 6. The second-order valence-electron chi connectivity index (χ2n) is 5.91. The summed E-state index contributed by atoms with van der Waals surface area (Å²) in [6.45, 7) is 0.902. The molecule has 1 aliphatic rings. The Morgan fingerprint density at radius 2 is 1.88 bits per heavy atom. The summed E-state index contributed by atoms with van der Waals surface area (Å²) in [6.07, 6.45) is 0.577. The van der Waals surface area contributed by atoms with E-state index in [1.165, 1.54) is 6.07 Å². The molecule has 0 bridgehead atoms. The van der Waals surface area contributed by atoms with Gasteiger partial charge in [-0.2, -0.15) is 0 Å². The summed E-state index contributed by atoms with van der Waals surface area (Å²) in [5.41, 5.74) is 1.06. The van der Waals surface area contributed by atoms with E-state index in [2.05, 4.69) is 5.32 Å². The number of nitrogens with one attached hydrogen (secondary N) is 1. The summed E-state index contributed by atoms with van der Waals surface area (Å²) in [6, 6.07) is 15.7. The predicted molar refractivity (Wildman–Crippen MR) is 92.0 cm³/mol. The summed E-state index contributed by atoms with van der Waals surface area (Å²) in [7, 11) is 0. The first-order valence-corrected chi connectivity index (χ1v) is 8.16. The van der Waals surface area contributed by atoms with Crippen LogP contribution in [0.15, 0.2) is 54.6 Å². The number of phenolic OH excluding ortho intramolecular Hbond substituents is 1. The fourth-order valence-corrected chi connectivity index (χ4v) is 2.79. The Morgan fingerprint density at radius 3 is 2.64 bits per heavy atom. The van der Waals surface area contributed by atoms with E-state index in [1.54, 1.807) is 23.1 Å². The maximum atomic E-state index is 12.4. The number of likely N-dealkylation sites (tertiary alicyclic amines) is 1. The molecule has 25 heavy (non-hydrogen) atoms. The molecule has 1 heterocycles.